The molecule has 1 aromatic carbocycles. The van der Waals surface area contributed by atoms with Crippen molar-refractivity contribution in [1.82, 2.24) is 10.6 Å². The van der Waals surface area contributed by atoms with Crippen molar-refractivity contribution < 1.29 is 14.3 Å². The number of rotatable bonds is 7. The van der Waals surface area contributed by atoms with Gasteiger partial charge in [-0.15, -0.1) is 0 Å². The average Bonchev–Trinajstić information content (AvgIpc) is 2.50. The number of ether oxygens (including phenoxy) is 1. The molecule has 3 rings (SSSR count). The Morgan fingerprint density at radius 1 is 1.04 bits per heavy atom. The molecule has 25 heavy (non-hydrogen) atoms. The van der Waals surface area contributed by atoms with Crippen LogP contribution in [0.2, 0.25) is 0 Å². The summed E-state index contributed by atoms with van der Waals surface area (Å²) in [7, 11) is 0. The van der Waals surface area contributed by atoms with Crippen LogP contribution in [0.1, 0.15) is 51.0 Å². The first-order valence-electron chi connectivity index (χ1n) is 9.41. The standard InChI is InChI=1S/C20H28N2O3/c1-14(21-20(24)25-13-15-7-3-2-4-8-15)19(23)22-18(16-9-5-10-16)17-11-6-12-17/h2-4,7-8,14,16-18H,5-6,9-13H2,1H3,(H,21,24)(H,22,23)/t14-/m0/s1. The smallest absolute Gasteiger partial charge is 0.408 e. The van der Waals surface area contributed by atoms with Gasteiger partial charge < -0.3 is 15.4 Å². The fourth-order valence-electron chi connectivity index (χ4n) is 3.51. The predicted molar refractivity (Wildman–Crippen MR) is 95.8 cm³/mol. The first-order chi connectivity index (χ1) is 12.1. The second-order valence-electron chi connectivity index (χ2n) is 7.34. The van der Waals surface area contributed by atoms with Crippen LogP contribution in [0.5, 0.6) is 0 Å². The predicted octanol–water partition coefficient (Wildman–Crippen LogP) is 3.39. The summed E-state index contributed by atoms with van der Waals surface area (Å²) in [6, 6.07) is 9.18. The fourth-order valence-corrected chi connectivity index (χ4v) is 3.51. The zero-order valence-corrected chi connectivity index (χ0v) is 14.9. The van der Waals surface area contributed by atoms with Crippen LogP contribution in [0.3, 0.4) is 0 Å². The first-order valence-corrected chi connectivity index (χ1v) is 9.41. The molecule has 0 heterocycles. The Balaban J connectivity index is 1.43. The van der Waals surface area contributed by atoms with E-state index in [9.17, 15) is 9.59 Å². The number of benzene rings is 1. The third kappa shape index (κ3) is 4.74. The van der Waals surface area contributed by atoms with E-state index in [1.807, 2.05) is 30.3 Å². The molecule has 0 bridgehead atoms. The maximum Gasteiger partial charge on any atom is 0.408 e. The van der Waals surface area contributed by atoms with Crippen molar-refractivity contribution in [2.45, 2.75) is 64.1 Å². The van der Waals surface area contributed by atoms with Crippen LogP contribution in [0.4, 0.5) is 4.79 Å². The van der Waals surface area contributed by atoms with Crippen LogP contribution >= 0.6 is 0 Å². The zero-order valence-electron chi connectivity index (χ0n) is 14.9. The molecular formula is C20H28N2O3. The molecule has 2 fully saturated rings. The number of hydrogen-bond acceptors (Lipinski definition) is 3. The highest BCUT2D eigenvalue weighted by atomic mass is 16.5. The lowest BCUT2D eigenvalue weighted by Crippen LogP contribution is -2.54. The zero-order chi connectivity index (χ0) is 17.6. The van der Waals surface area contributed by atoms with Crippen LogP contribution in [0.25, 0.3) is 0 Å². The molecule has 0 spiro atoms. The number of amides is 2. The number of nitrogens with one attached hydrogen (secondary N) is 2. The first kappa shape index (κ1) is 17.8. The topological polar surface area (TPSA) is 67.4 Å². The lowest BCUT2D eigenvalue weighted by Gasteiger charge is -2.43. The Labute approximate surface area is 149 Å². The minimum Gasteiger partial charge on any atom is -0.445 e. The number of carbonyl (C=O) groups is 2. The molecule has 2 aliphatic carbocycles. The second kappa shape index (κ2) is 8.37. The molecule has 0 saturated heterocycles. The highest BCUT2D eigenvalue weighted by Gasteiger charge is 2.37. The van der Waals surface area contributed by atoms with E-state index in [1.165, 1.54) is 38.5 Å². The normalized spacial score (nSPS) is 18.8. The largest absolute Gasteiger partial charge is 0.445 e. The minimum absolute atomic E-state index is 0.111. The summed E-state index contributed by atoms with van der Waals surface area (Å²) in [5.74, 6) is 1.12. The lowest BCUT2D eigenvalue weighted by molar-refractivity contribution is -0.124. The summed E-state index contributed by atoms with van der Waals surface area (Å²) in [4.78, 5) is 24.4. The molecular weight excluding hydrogens is 316 g/mol. The van der Waals surface area contributed by atoms with Gasteiger partial charge in [-0.05, 0) is 50.0 Å². The summed E-state index contributed by atoms with van der Waals surface area (Å²) in [5, 5.41) is 5.82. The maximum absolute atomic E-state index is 12.5. The SMILES string of the molecule is C[C@H](NC(=O)OCc1ccccc1)C(=O)NC(C1CCC1)C1CCC1. The van der Waals surface area contributed by atoms with Gasteiger partial charge in [-0.2, -0.15) is 0 Å². The summed E-state index contributed by atoms with van der Waals surface area (Å²) >= 11 is 0. The third-order valence-corrected chi connectivity index (χ3v) is 5.56. The van der Waals surface area contributed by atoms with E-state index in [0.717, 1.165) is 5.56 Å². The Morgan fingerprint density at radius 3 is 2.16 bits per heavy atom. The van der Waals surface area contributed by atoms with E-state index in [0.29, 0.717) is 11.8 Å². The minimum atomic E-state index is -0.592. The molecule has 136 valence electrons. The second-order valence-corrected chi connectivity index (χ2v) is 7.34. The van der Waals surface area contributed by atoms with Crippen LogP contribution in [-0.4, -0.2) is 24.1 Å². The van der Waals surface area contributed by atoms with Crippen LogP contribution in [0, 0.1) is 11.8 Å². The molecule has 1 aromatic rings. The highest BCUT2D eigenvalue weighted by Crippen LogP contribution is 2.39. The van der Waals surface area contributed by atoms with Crippen LogP contribution in [0.15, 0.2) is 30.3 Å². The Hall–Kier alpha value is -2.04. The van der Waals surface area contributed by atoms with Crippen molar-refractivity contribution in [3.8, 4) is 0 Å². The van der Waals surface area contributed by atoms with E-state index in [1.54, 1.807) is 6.92 Å². The van der Waals surface area contributed by atoms with Gasteiger partial charge in [0.05, 0.1) is 0 Å². The number of alkyl carbamates (subject to hydrolysis) is 1. The molecule has 2 aliphatic rings. The molecule has 2 N–H and O–H groups in total. The van der Waals surface area contributed by atoms with Crippen molar-refractivity contribution in [1.29, 1.82) is 0 Å². The summed E-state index contributed by atoms with van der Waals surface area (Å²) in [6.45, 7) is 1.91. The van der Waals surface area contributed by atoms with Gasteiger partial charge >= 0.3 is 6.09 Å². The van der Waals surface area contributed by atoms with Gasteiger partial charge in [-0.25, -0.2) is 4.79 Å². The van der Waals surface area contributed by atoms with Crippen LogP contribution < -0.4 is 10.6 Å². The molecule has 0 aromatic heterocycles. The van der Waals surface area contributed by atoms with Crippen molar-refractivity contribution in [3.05, 3.63) is 35.9 Å². The molecule has 0 aliphatic heterocycles. The van der Waals surface area contributed by atoms with E-state index in [2.05, 4.69) is 10.6 Å². The quantitative estimate of drug-likeness (QED) is 0.797. The van der Waals surface area contributed by atoms with Crippen molar-refractivity contribution in [2.24, 2.45) is 11.8 Å². The van der Waals surface area contributed by atoms with Crippen molar-refractivity contribution in [2.75, 3.05) is 0 Å². The van der Waals surface area contributed by atoms with Gasteiger partial charge in [0, 0.05) is 6.04 Å². The lowest BCUT2D eigenvalue weighted by atomic mass is 9.68. The van der Waals surface area contributed by atoms with Gasteiger partial charge in [-0.1, -0.05) is 43.2 Å². The Kier molecular flexibility index (Phi) is 5.95. The van der Waals surface area contributed by atoms with Gasteiger partial charge in [0.15, 0.2) is 0 Å². The van der Waals surface area contributed by atoms with Crippen LogP contribution in [-0.2, 0) is 16.1 Å². The molecule has 1 atom stereocenters. The Morgan fingerprint density at radius 2 is 1.64 bits per heavy atom. The average molecular weight is 344 g/mol. The number of hydrogen-bond donors (Lipinski definition) is 2. The summed E-state index contributed by atoms with van der Waals surface area (Å²) < 4.78 is 5.18. The number of carbonyl (C=O) groups excluding carboxylic acids is 2. The molecule has 0 unspecified atom stereocenters. The van der Waals surface area contributed by atoms with E-state index in [4.69, 9.17) is 4.74 Å². The van der Waals surface area contributed by atoms with Crippen molar-refractivity contribution >= 4 is 12.0 Å². The van der Waals surface area contributed by atoms with Gasteiger partial charge in [-0.3, -0.25) is 4.79 Å². The molecule has 0 radical (unpaired) electrons. The third-order valence-electron chi connectivity index (χ3n) is 5.56. The van der Waals surface area contributed by atoms with E-state index in [-0.39, 0.29) is 18.6 Å². The van der Waals surface area contributed by atoms with E-state index >= 15 is 0 Å². The molecule has 5 heteroatoms. The Bertz CT molecular complexity index is 568. The summed E-state index contributed by atoms with van der Waals surface area (Å²) in [5.41, 5.74) is 0.921. The molecule has 2 saturated carbocycles. The van der Waals surface area contributed by atoms with Crippen molar-refractivity contribution in [3.63, 3.8) is 0 Å². The van der Waals surface area contributed by atoms with E-state index < -0.39 is 12.1 Å². The summed E-state index contributed by atoms with van der Waals surface area (Å²) in [6.07, 6.45) is 6.82. The maximum atomic E-state index is 12.5. The highest BCUT2D eigenvalue weighted by molar-refractivity contribution is 5.85. The monoisotopic (exact) mass is 344 g/mol. The molecule has 5 nitrogen and oxygen atoms in total. The van der Waals surface area contributed by atoms with Gasteiger partial charge in [0.1, 0.15) is 12.6 Å². The fraction of sp³-hybridized carbons (Fsp3) is 0.600. The van der Waals surface area contributed by atoms with Gasteiger partial charge in [0.25, 0.3) is 0 Å². The van der Waals surface area contributed by atoms with Gasteiger partial charge in [0.2, 0.25) is 5.91 Å². The molecule has 2 amide bonds.